The van der Waals surface area contributed by atoms with Gasteiger partial charge in [0.25, 0.3) is 0 Å². The molecular weight excluding hydrogens is 232 g/mol. The molecule has 0 bridgehead atoms. The van der Waals surface area contributed by atoms with E-state index >= 15 is 0 Å². The van der Waals surface area contributed by atoms with Gasteiger partial charge < -0.3 is 0 Å². The molecule has 0 amide bonds. The monoisotopic (exact) mass is 252 g/mol. The number of Topliss-reactive ketones (excluding diaryl/α,β-unsaturated/α-hetero) is 1. The summed E-state index contributed by atoms with van der Waals surface area (Å²) in [5.74, 6) is 0.926. The van der Waals surface area contributed by atoms with Gasteiger partial charge in [-0.3, -0.25) is 9.69 Å². The van der Waals surface area contributed by atoms with Crippen LogP contribution in [0.5, 0.6) is 0 Å². The summed E-state index contributed by atoms with van der Waals surface area (Å²) in [6.45, 7) is 9.08. The van der Waals surface area contributed by atoms with Gasteiger partial charge in [-0.25, -0.2) is 4.98 Å². The molecule has 1 aromatic heterocycles. The zero-order chi connectivity index (χ0) is 12.4. The maximum Gasteiger partial charge on any atom is 0.171 e. The summed E-state index contributed by atoms with van der Waals surface area (Å²) in [5.41, 5.74) is 0.891. The van der Waals surface area contributed by atoms with Crippen LogP contribution in [0.2, 0.25) is 0 Å². The van der Waals surface area contributed by atoms with Gasteiger partial charge in [0.05, 0.1) is 17.1 Å². The van der Waals surface area contributed by atoms with Gasteiger partial charge >= 0.3 is 0 Å². The van der Waals surface area contributed by atoms with E-state index in [1.807, 2.05) is 6.92 Å². The Morgan fingerprint density at radius 1 is 1.59 bits per heavy atom. The molecule has 1 unspecified atom stereocenters. The maximum absolute atomic E-state index is 11.4. The Bertz CT molecular complexity index is 414. The number of hydrogen-bond acceptors (Lipinski definition) is 4. The van der Waals surface area contributed by atoms with E-state index in [9.17, 15) is 4.79 Å². The number of piperidine rings is 1. The molecule has 3 nitrogen and oxygen atoms in total. The number of carbonyl (C=O) groups excluding carboxylic acids is 1. The number of carbonyl (C=O) groups is 1. The van der Waals surface area contributed by atoms with Crippen molar-refractivity contribution in [1.29, 1.82) is 0 Å². The minimum absolute atomic E-state index is 0.137. The highest BCUT2D eigenvalue weighted by atomic mass is 32.1. The van der Waals surface area contributed by atoms with Gasteiger partial charge in [0, 0.05) is 13.5 Å². The van der Waals surface area contributed by atoms with Crippen LogP contribution in [0.4, 0.5) is 0 Å². The Kier molecular flexibility index (Phi) is 3.94. The third-order valence-electron chi connectivity index (χ3n) is 3.26. The van der Waals surface area contributed by atoms with Crippen molar-refractivity contribution in [2.24, 2.45) is 5.92 Å². The highest BCUT2D eigenvalue weighted by molar-refractivity contribution is 7.13. The van der Waals surface area contributed by atoms with E-state index in [1.165, 1.54) is 19.4 Å². The highest BCUT2D eigenvalue weighted by Crippen LogP contribution is 2.22. The first kappa shape index (κ1) is 12.7. The number of likely N-dealkylation sites (tertiary alicyclic amines) is 1. The SMILES string of the molecule is CC(=O)c1sc(CN2CCCC(C)C2)nc1C. The number of rotatable bonds is 3. The number of hydrogen-bond donors (Lipinski definition) is 0. The average molecular weight is 252 g/mol. The molecule has 2 heterocycles. The molecule has 1 fully saturated rings. The van der Waals surface area contributed by atoms with Crippen molar-refractivity contribution in [3.05, 3.63) is 15.6 Å². The van der Waals surface area contributed by atoms with Crippen molar-refractivity contribution < 1.29 is 4.79 Å². The molecule has 2 rings (SSSR count). The van der Waals surface area contributed by atoms with Gasteiger partial charge in [-0.05, 0) is 32.2 Å². The largest absolute Gasteiger partial charge is 0.296 e. The van der Waals surface area contributed by atoms with Gasteiger partial charge in [0.1, 0.15) is 5.01 Å². The van der Waals surface area contributed by atoms with Crippen molar-refractivity contribution in [2.45, 2.75) is 40.2 Å². The first-order chi connectivity index (χ1) is 8.06. The number of aryl methyl sites for hydroxylation is 1. The summed E-state index contributed by atoms with van der Waals surface area (Å²) >= 11 is 1.56. The van der Waals surface area contributed by atoms with E-state index < -0.39 is 0 Å². The smallest absolute Gasteiger partial charge is 0.171 e. The van der Waals surface area contributed by atoms with Crippen molar-refractivity contribution in [2.75, 3.05) is 13.1 Å². The third-order valence-corrected chi connectivity index (χ3v) is 4.50. The molecular formula is C13H20N2OS. The molecule has 1 aromatic rings. The summed E-state index contributed by atoms with van der Waals surface area (Å²) < 4.78 is 0. The minimum atomic E-state index is 0.137. The normalized spacial score (nSPS) is 21.7. The molecule has 0 spiro atoms. The lowest BCUT2D eigenvalue weighted by molar-refractivity contribution is 0.102. The lowest BCUT2D eigenvalue weighted by Crippen LogP contribution is -2.33. The van der Waals surface area contributed by atoms with Crippen molar-refractivity contribution in [3.63, 3.8) is 0 Å². The lowest BCUT2D eigenvalue weighted by Gasteiger charge is -2.29. The van der Waals surface area contributed by atoms with E-state index in [2.05, 4.69) is 16.8 Å². The Labute approximate surface area is 107 Å². The number of nitrogens with zero attached hydrogens (tertiary/aromatic N) is 2. The van der Waals surface area contributed by atoms with Crippen LogP contribution < -0.4 is 0 Å². The Balaban J connectivity index is 2.03. The van der Waals surface area contributed by atoms with Crippen LogP contribution in [0.25, 0.3) is 0 Å². The van der Waals surface area contributed by atoms with Gasteiger partial charge in [0.15, 0.2) is 5.78 Å². The molecule has 94 valence electrons. The summed E-state index contributed by atoms with van der Waals surface area (Å²) in [6, 6.07) is 0. The van der Waals surface area contributed by atoms with Gasteiger partial charge in [0.2, 0.25) is 0 Å². The van der Waals surface area contributed by atoms with Crippen LogP contribution in [0.15, 0.2) is 0 Å². The summed E-state index contributed by atoms with van der Waals surface area (Å²) in [6.07, 6.45) is 2.62. The van der Waals surface area contributed by atoms with Gasteiger partial charge in [-0.15, -0.1) is 11.3 Å². The zero-order valence-corrected chi connectivity index (χ0v) is 11.6. The second-order valence-electron chi connectivity index (χ2n) is 5.06. The Morgan fingerprint density at radius 2 is 2.35 bits per heavy atom. The topological polar surface area (TPSA) is 33.2 Å². The number of thiazole rings is 1. The van der Waals surface area contributed by atoms with Crippen LogP contribution >= 0.6 is 11.3 Å². The van der Waals surface area contributed by atoms with E-state index in [-0.39, 0.29) is 5.78 Å². The number of aromatic nitrogens is 1. The standard InChI is InChI=1S/C13H20N2OS/c1-9-5-4-6-15(7-9)8-12-14-10(2)13(17-12)11(3)16/h9H,4-8H2,1-3H3. The molecule has 17 heavy (non-hydrogen) atoms. The molecule has 0 radical (unpaired) electrons. The van der Waals surface area contributed by atoms with Crippen molar-refractivity contribution in [1.82, 2.24) is 9.88 Å². The molecule has 1 aliphatic heterocycles. The molecule has 0 aliphatic carbocycles. The molecule has 1 saturated heterocycles. The van der Waals surface area contributed by atoms with Crippen LogP contribution in [0.3, 0.4) is 0 Å². The molecule has 0 aromatic carbocycles. The van der Waals surface area contributed by atoms with E-state index in [0.29, 0.717) is 0 Å². The van der Waals surface area contributed by atoms with Crippen molar-refractivity contribution in [3.8, 4) is 0 Å². The summed E-state index contributed by atoms with van der Waals surface area (Å²) in [7, 11) is 0. The van der Waals surface area contributed by atoms with Crippen molar-refractivity contribution >= 4 is 17.1 Å². The first-order valence-electron chi connectivity index (χ1n) is 6.26. The van der Waals surface area contributed by atoms with Crippen LogP contribution in [-0.4, -0.2) is 28.8 Å². The molecule has 1 atom stereocenters. The second-order valence-corrected chi connectivity index (χ2v) is 6.14. The highest BCUT2D eigenvalue weighted by Gasteiger charge is 2.19. The predicted molar refractivity (Wildman–Crippen MR) is 70.5 cm³/mol. The fourth-order valence-electron chi connectivity index (χ4n) is 2.47. The Morgan fingerprint density at radius 3 is 2.94 bits per heavy atom. The summed E-state index contributed by atoms with van der Waals surface area (Å²) in [5, 5.41) is 1.08. The fourth-order valence-corrected chi connectivity index (χ4v) is 3.47. The van der Waals surface area contributed by atoms with E-state index in [1.54, 1.807) is 18.3 Å². The molecule has 0 saturated carbocycles. The van der Waals surface area contributed by atoms with E-state index in [4.69, 9.17) is 0 Å². The quantitative estimate of drug-likeness (QED) is 0.776. The minimum Gasteiger partial charge on any atom is -0.296 e. The lowest BCUT2D eigenvalue weighted by atomic mass is 10.0. The molecule has 1 aliphatic rings. The first-order valence-corrected chi connectivity index (χ1v) is 7.07. The number of ketones is 1. The summed E-state index contributed by atoms with van der Waals surface area (Å²) in [4.78, 5) is 19.2. The molecule has 4 heteroatoms. The molecule has 0 N–H and O–H groups in total. The van der Waals surface area contributed by atoms with E-state index in [0.717, 1.165) is 34.6 Å². The van der Waals surface area contributed by atoms with Crippen LogP contribution in [0, 0.1) is 12.8 Å². The predicted octanol–water partition coefficient (Wildman–Crippen LogP) is 2.89. The second kappa shape index (κ2) is 5.27. The Hall–Kier alpha value is -0.740. The third kappa shape index (κ3) is 3.13. The zero-order valence-electron chi connectivity index (χ0n) is 10.8. The average Bonchev–Trinajstić information content (AvgIpc) is 2.59. The van der Waals surface area contributed by atoms with Gasteiger partial charge in [-0.1, -0.05) is 6.92 Å². The maximum atomic E-state index is 11.4. The van der Waals surface area contributed by atoms with Crippen LogP contribution in [-0.2, 0) is 6.54 Å². The van der Waals surface area contributed by atoms with Crippen LogP contribution in [0.1, 0.15) is 47.1 Å². The fraction of sp³-hybridized carbons (Fsp3) is 0.692. The van der Waals surface area contributed by atoms with Gasteiger partial charge in [-0.2, -0.15) is 0 Å².